The van der Waals surface area contributed by atoms with Gasteiger partial charge in [-0.15, -0.1) is 0 Å². The maximum absolute atomic E-state index is 5.91. The molecule has 0 amide bonds. The van der Waals surface area contributed by atoms with Crippen molar-refractivity contribution in [2.75, 3.05) is 6.61 Å². The van der Waals surface area contributed by atoms with Crippen LogP contribution in [-0.4, -0.2) is 11.6 Å². The molecule has 0 saturated heterocycles. The molecule has 2 aromatic rings. The fraction of sp³-hybridized carbons (Fsp3) is 0.333. The van der Waals surface area contributed by atoms with E-state index in [1.165, 1.54) is 0 Å². The van der Waals surface area contributed by atoms with Gasteiger partial charge < -0.3 is 15.5 Å². The third-order valence-electron chi connectivity index (χ3n) is 2.49. The molecule has 1 heterocycles. The Hall–Kier alpha value is -1.48. The van der Waals surface area contributed by atoms with E-state index >= 15 is 0 Å². The fourth-order valence-electron chi connectivity index (χ4n) is 1.81. The van der Waals surface area contributed by atoms with Gasteiger partial charge in [0.25, 0.3) is 0 Å². The van der Waals surface area contributed by atoms with Gasteiger partial charge in [0.2, 0.25) is 0 Å². The van der Waals surface area contributed by atoms with Gasteiger partial charge in [0.15, 0.2) is 0 Å². The average molecular weight is 204 g/mol. The van der Waals surface area contributed by atoms with E-state index in [1.807, 2.05) is 38.2 Å². The molecule has 0 aliphatic heterocycles. The third kappa shape index (κ3) is 1.70. The second kappa shape index (κ2) is 3.95. The van der Waals surface area contributed by atoms with E-state index in [0.717, 1.165) is 22.2 Å². The highest BCUT2D eigenvalue weighted by Crippen LogP contribution is 2.31. The smallest absolute Gasteiger partial charge is 0.128 e. The average Bonchev–Trinajstić information content (AvgIpc) is 2.62. The van der Waals surface area contributed by atoms with Crippen molar-refractivity contribution in [3.05, 3.63) is 30.0 Å². The molecule has 3 heteroatoms. The largest absolute Gasteiger partial charge is 0.493 e. The van der Waals surface area contributed by atoms with Crippen LogP contribution in [0.1, 0.15) is 25.5 Å². The lowest BCUT2D eigenvalue weighted by molar-refractivity contribution is 0.344. The molecular formula is C12H16N2O. The van der Waals surface area contributed by atoms with Crippen LogP contribution in [0.5, 0.6) is 5.75 Å². The zero-order chi connectivity index (χ0) is 10.8. The summed E-state index contributed by atoms with van der Waals surface area (Å²) in [4.78, 5) is 3.21. The number of aromatic nitrogens is 1. The van der Waals surface area contributed by atoms with Crippen molar-refractivity contribution in [3.8, 4) is 5.75 Å². The van der Waals surface area contributed by atoms with Crippen LogP contribution in [0.25, 0.3) is 10.9 Å². The first-order chi connectivity index (χ1) is 7.24. The van der Waals surface area contributed by atoms with E-state index in [-0.39, 0.29) is 6.04 Å². The Kier molecular flexibility index (Phi) is 2.64. The van der Waals surface area contributed by atoms with E-state index in [4.69, 9.17) is 10.5 Å². The molecule has 1 atom stereocenters. The maximum Gasteiger partial charge on any atom is 0.128 e. The molecule has 0 unspecified atom stereocenters. The van der Waals surface area contributed by atoms with Crippen LogP contribution in [0.15, 0.2) is 24.4 Å². The highest BCUT2D eigenvalue weighted by atomic mass is 16.5. The summed E-state index contributed by atoms with van der Waals surface area (Å²) < 4.78 is 5.59. The summed E-state index contributed by atoms with van der Waals surface area (Å²) in [6, 6.07) is 6.00. The fourth-order valence-corrected chi connectivity index (χ4v) is 1.81. The van der Waals surface area contributed by atoms with Crippen molar-refractivity contribution >= 4 is 10.9 Å². The first kappa shape index (κ1) is 10.1. The second-order valence-corrected chi connectivity index (χ2v) is 3.64. The quantitative estimate of drug-likeness (QED) is 0.807. The maximum atomic E-state index is 5.91. The van der Waals surface area contributed by atoms with Crippen LogP contribution in [0.4, 0.5) is 0 Å². The SMILES string of the molecule is CCOc1cccc2[nH]cc([C@H](C)N)c12. The minimum Gasteiger partial charge on any atom is -0.493 e. The number of benzene rings is 1. The summed E-state index contributed by atoms with van der Waals surface area (Å²) in [5.74, 6) is 0.906. The highest BCUT2D eigenvalue weighted by Gasteiger charge is 2.11. The van der Waals surface area contributed by atoms with Crippen molar-refractivity contribution < 1.29 is 4.74 Å². The first-order valence-electron chi connectivity index (χ1n) is 5.22. The molecule has 80 valence electrons. The molecule has 1 aromatic carbocycles. The Balaban J connectivity index is 2.63. The van der Waals surface area contributed by atoms with Gasteiger partial charge in [-0.05, 0) is 31.5 Å². The number of hydrogen-bond donors (Lipinski definition) is 2. The van der Waals surface area contributed by atoms with Crippen LogP contribution >= 0.6 is 0 Å². The molecule has 0 radical (unpaired) electrons. The van der Waals surface area contributed by atoms with Gasteiger partial charge in [-0.3, -0.25) is 0 Å². The molecule has 0 saturated carbocycles. The molecule has 0 bridgehead atoms. The van der Waals surface area contributed by atoms with Crippen LogP contribution in [-0.2, 0) is 0 Å². The Morgan fingerprint density at radius 3 is 2.93 bits per heavy atom. The molecule has 0 spiro atoms. The Labute approximate surface area is 89.2 Å². The van der Waals surface area contributed by atoms with Crippen molar-refractivity contribution in [1.82, 2.24) is 4.98 Å². The van der Waals surface area contributed by atoms with Crippen molar-refractivity contribution in [2.45, 2.75) is 19.9 Å². The van der Waals surface area contributed by atoms with Crippen molar-refractivity contribution in [1.29, 1.82) is 0 Å². The monoisotopic (exact) mass is 204 g/mol. The summed E-state index contributed by atoms with van der Waals surface area (Å²) in [5.41, 5.74) is 8.10. The zero-order valence-corrected chi connectivity index (χ0v) is 9.08. The first-order valence-corrected chi connectivity index (χ1v) is 5.22. The lowest BCUT2D eigenvalue weighted by Gasteiger charge is -2.08. The minimum absolute atomic E-state index is 0.0142. The van der Waals surface area contributed by atoms with Crippen LogP contribution < -0.4 is 10.5 Å². The number of ether oxygens (including phenoxy) is 1. The molecule has 15 heavy (non-hydrogen) atoms. The van der Waals surface area contributed by atoms with Crippen LogP contribution in [0, 0.1) is 0 Å². The summed E-state index contributed by atoms with van der Waals surface area (Å²) in [5, 5.41) is 1.11. The highest BCUT2D eigenvalue weighted by molar-refractivity contribution is 5.89. The van der Waals surface area contributed by atoms with Gasteiger partial charge in [-0.1, -0.05) is 6.07 Å². The summed E-state index contributed by atoms with van der Waals surface area (Å²) in [7, 11) is 0. The molecule has 2 rings (SSSR count). The van der Waals surface area contributed by atoms with Crippen molar-refractivity contribution in [3.63, 3.8) is 0 Å². The zero-order valence-electron chi connectivity index (χ0n) is 9.08. The molecule has 0 aliphatic carbocycles. The number of hydrogen-bond acceptors (Lipinski definition) is 2. The lowest BCUT2D eigenvalue weighted by atomic mass is 10.1. The molecular weight excluding hydrogens is 188 g/mol. The summed E-state index contributed by atoms with van der Waals surface area (Å²) >= 11 is 0. The van der Waals surface area contributed by atoms with Crippen molar-refractivity contribution in [2.24, 2.45) is 5.73 Å². The normalized spacial score (nSPS) is 13.0. The van der Waals surface area contributed by atoms with Gasteiger partial charge in [0.1, 0.15) is 5.75 Å². The number of H-pyrrole nitrogens is 1. The van der Waals surface area contributed by atoms with Crippen LogP contribution in [0.2, 0.25) is 0 Å². The number of nitrogens with one attached hydrogen (secondary N) is 1. The minimum atomic E-state index is 0.0142. The van der Waals surface area contributed by atoms with E-state index in [0.29, 0.717) is 6.61 Å². The summed E-state index contributed by atoms with van der Waals surface area (Å²) in [6.07, 6.45) is 1.96. The Morgan fingerprint density at radius 1 is 1.47 bits per heavy atom. The predicted octanol–water partition coefficient (Wildman–Crippen LogP) is 2.59. The Bertz CT molecular complexity index is 460. The van der Waals surface area contributed by atoms with E-state index < -0.39 is 0 Å². The second-order valence-electron chi connectivity index (χ2n) is 3.64. The lowest BCUT2D eigenvalue weighted by Crippen LogP contribution is -2.04. The van der Waals surface area contributed by atoms with Gasteiger partial charge in [0, 0.05) is 23.1 Å². The standard InChI is InChI=1S/C12H16N2O/c1-3-15-11-6-4-5-10-12(11)9(7-14-10)8(2)13/h4-8,14H,3,13H2,1-2H3/t8-/m0/s1. The van der Waals surface area contributed by atoms with E-state index in [1.54, 1.807) is 0 Å². The molecule has 0 fully saturated rings. The molecule has 3 N–H and O–H groups in total. The van der Waals surface area contributed by atoms with Gasteiger partial charge in [-0.25, -0.2) is 0 Å². The summed E-state index contributed by atoms with van der Waals surface area (Å²) in [6.45, 7) is 4.63. The van der Waals surface area contributed by atoms with Gasteiger partial charge >= 0.3 is 0 Å². The van der Waals surface area contributed by atoms with E-state index in [2.05, 4.69) is 4.98 Å². The van der Waals surface area contributed by atoms with Crippen LogP contribution in [0.3, 0.4) is 0 Å². The molecule has 1 aromatic heterocycles. The number of fused-ring (bicyclic) bond motifs is 1. The topological polar surface area (TPSA) is 51.0 Å². The third-order valence-corrected chi connectivity index (χ3v) is 2.49. The Morgan fingerprint density at radius 2 is 2.27 bits per heavy atom. The predicted molar refractivity (Wildman–Crippen MR) is 62.1 cm³/mol. The molecule has 0 aliphatic rings. The molecule has 3 nitrogen and oxygen atoms in total. The van der Waals surface area contributed by atoms with Gasteiger partial charge in [-0.2, -0.15) is 0 Å². The number of aromatic amines is 1. The number of rotatable bonds is 3. The van der Waals surface area contributed by atoms with E-state index in [9.17, 15) is 0 Å². The van der Waals surface area contributed by atoms with Gasteiger partial charge in [0.05, 0.1) is 6.61 Å². The number of nitrogens with two attached hydrogens (primary N) is 1.